The molecule has 1 aliphatic rings. The Morgan fingerprint density at radius 1 is 1.35 bits per heavy atom. The fraction of sp³-hybridized carbons (Fsp3) is 1.00. The molecule has 0 saturated carbocycles. The van der Waals surface area contributed by atoms with Crippen LogP contribution in [-0.2, 0) is 9.47 Å². The Balaban J connectivity index is 2.21. The molecule has 1 heterocycles. The van der Waals surface area contributed by atoms with Gasteiger partial charge < -0.3 is 20.1 Å². The fourth-order valence-corrected chi connectivity index (χ4v) is 2.42. The Labute approximate surface area is 105 Å². The van der Waals surface area contributed by atoms with Crippen LogP contribution in [0.25, 0.3) is 0 Å². The highest BCUT2D eigenvalue weighted by Crippen LogP contribution is 2.14. The lowest BCUT2D eigenvalue weighted by atomic mass is 10.1. The van der Waals surface area contributed by atoms with E-state index in [9.17, 15) is 0 Å². The molecule has 1 aliphatic heterocycles. The largest absolute Gasteiger partial charge is 0.377 e. The smallest absolute Gasteiger partial charge is 0.0709 e. The average molecular weight is 244 g/mol. The van der Waals surface area contributed by atoms with E-state index >= 15 is 0 Å². The van der Waals surface area contributed by atoms with Gasteiger partial charge in [-0.25, -0.2) is 0 Å². The van der Waals surface area contributed by atoms with Crippen molar-refractivity contribution in [3.63, 3.8) is 0 Å². The van der Waals surface area contributed by atoms with Crippen molar-refractivity contribution in [3.05, 3.63) is 0 Å². The zero-order valence-corrected chi connectivity index (χ0v) is 11.4. The van der Waals surface area contributed by atoms with Crippen molar-refractivity contribution in [3.8, 4) is 0 Å². The number of nitrogens with zero attached hydrogens (tertiary/aromatic N) is 1. The molecular formula is C13H28N2O2. The van der Waals surface area contributed by atoms with Gasteiger partial charge in [0.25, 0.3) is 0 Å². The Hall–Kier alpha value is -0.160. The van der Waals surface area contributed by atoms with E-state index < -0.39 is 0 Å². The zero-order chi connectivity index (χ0) is 12.5. The second-order valence-electron chi connectivity index (χ2n) is 4.62. The van der Waals surface area contributed by atoms with E-state index in [0.717, 1.165) is 32.7 Å². The summed E-state index contributed by atoms with van der Waals surface area (Å²) in [5, 5.41) is 0. The maximum absolute atomic E-state index is 5.70. The molecule has 4 nitrogen and oxygen atoms in total. The first-order valence-electron chi connectivity index (χ1n) is 6.95. The number of piperidine rings is 1. The lowest BCUT2D eigenvalue weighted by Crippen LogP contribution is -2.41. The van der Waals surface area contributed by atoms with E-state index in [-0.39, 0.29) is 6.10 Å². The summed E-state index contributed by atoms with van der Waals surface area (Å²) in [5.74, 6) is 0. The van der Waals surface area contributed by atoms with E-state index in [1.54, 1.807) is 0 Å². The molecule has 0 aliphatic carbocycles. The van der Waals surface area contributed by atoms with Gasteiger partial charge in [-0.05, 0) is 39.7 Å². The standard InChI is InChI=1S/C13H28N2O2/c1-3-16-12(10-14)7-9-15-8-5-6-13(11-15)17-4-2/h12-13H,3-11,14H2,1-2H3. The summed E-state index contributed by atoms with van der Waals surface area (Å²) < 4.78 is 11.3. The second-order valence-corrected chi connectivity index (χ2v) is 4.62. The van der Waals surface area contributed by atoms with Gasteiger partial charge >= 0.3 is 0 Å². The van der Waals surface area contributed by atoms with Crippen molar-refractivity contribution in [2.45, 2.75) is 45.3 Å². The predicted octanol–water partition coefficient (Wildman–Crippen LogP) is 1.24. The lowest BCUT2D eigenvalue weighted by Gasteiger charge is -2.33. The molecule has 2 unspecified atom stereocenters. The van der Waals surface area contributed by atoms with Gasteiger partial charge in [-0.1, -0.05) is 0 Å². The Kier molecular flexibility index (Phi) is 7.77. The summed E-state index contributed by atoms with van der Waals surface area (Å²) in [6.45, 7) is 9.62. The molecule has 0 aromatic rings. The number of hydrogen-bond acceptors (Lipinski definition) is 4. The highest BCUT2D eigenvalue weighted by atomic mass is 16.5. The summed E-state index contributed by atoms with van der Waals surface area (Å²) in [6.07, 6.45) is 4.12. The van der Waals surface area contributed by atoms with Crippen molar-refractivity contribution < 1.29 is 9.47 Å². The number of likely N-dealkylation sites (tertiary alicyclic amines) is 1. The van der Waals surface area contributed by atoms with Gasteiger partial charge in [0.2, 0.25) is 0 Å². The van der Waals surface area contributed by atoms with Gasteiger partial charge in [0, 0.05) is 32.8 Å². The first-order chi connectivity index (χ1) is 8.30. The normalized spacial score (nSPS) is 23.8. The highest BCUT2D eigenvalue weighted by molar-refractivity contribution is 4.74. The summed E-state index contributed by atoms with van der Waals surface area (Å²) >= 11 is 0. The number of rotatable bonds is 8. The third-order valence-electron chi connectivity index (χ3n) is 3.30. The quantitative estimate of drug-likeness (QED) is 0.698. The molecule has 102 valence electrons. The molecule has 0 amide bonds. The van der Waals surface area contributed by atoms with Crippen LogP contribution in [0, 0.1) is 0 Å². The minimum Gasteiger partial charge on any atom is -0.377 e. The van der Waals surface area contributed by atoms with Crippen LogP contribution in [0.4, 0.5) is 0 Å². The van der Waals surface area contributed by atoms with E-state index in [0.29, 0.717) is 12.6 Å². The molecule has 0 aromatic carbocycles. The van der Waals surface area contributed by atoms with E-state index in [4.69, 9.17) is 15.2 Å². The number of nitrogens with two attached hydrogens (primary N) is 1. The van der Waals surface area contributed by atoms with Crippen molar-refractivity contribution in [1.29, 1.82) is 0 Å². The van der Waals surface area contributed by atoms with Crippen LogP contribution < -0.4 is 5.73 Å². The Morgan fingerprint density at radius 3 is 2.82 bits per heavy atom. The van der Waals surface area contributed by atoms with E-state index in [1.807, 2.05) is 6.92 Å². The van der Waals surface area contributed by atoms with Crippen molar-refractivity contribution in [2.75, 3.05) is 39.4 Å². The Morgan fingerprint density at radius 2 is 2.18 bits per heavy atom. The molecule has 0 spiro atoms. The average Bonchev–Trinajstić information content (AvgIpc) is 2.35. The topological polar surface area (TPSA) is 47.7 Å². The van der Waals surface area contributed by atoms with Crippen molar-refractivity contribution in [1.82, 2.24) is 4.90 Å². The number of hydrogen-bond donors (Lipinski definition) is 1. The van der Waals surface area contributed by atoms with Gasteiger partial charge in [0.05, 0.1) is 12.2 Å². The highest BCUT2D eigenvalue weighted by Gasteiger charge is 2.20. The van der Waals surface area contributed by atoms with E-state index in [2.05, 4.69) is 11.8 Å². The van der Waals surface area contributed by atoms with Crippen LogP contribution in [-0.4, -0.2) is 56.5 Å². The summed E-state index contributed by atoms with van der Waals surface area (Å²) in [6, 6.07) is 0. The van der Waals surface area contributed by atoms with E-state index in [1.165, 1.54) is 19.4 Å². The SMILES string of the molecule is CCOC(CN)CCN1CCCC(OCC)C1. The molecule has 1 fully saturated rings. The van der Waals surface area contributed by atoms with Crippen LogP contribution >= 0.6 is 0 Å². The molecule has 1 rings (SSSR count). The molecule has 0 bridgehead atoms. The summed E-state index contributed by atoms with van der Waals surface area (Å²) in [5.41, 5.74) is 5.68. The van der Waals surface area contributed by atoms with Gasteiger partial charge in [-0.3, -0.25) is 0 Å². The lowest BCUT2D eigenvalue weighted by molar-refractivity contribution is -0.00222. The van der Waals surface area contributed by atoms with Gasteiger partial charge in [-0.2, -0.15) is 0 Å². The molecule has 1 saturated heterocycles. The third-order valence-corrected chi connectivity index (χ3v) is 3.30. The maximum atomic E-state index is 5.70. The van der Waals surface area contributed by atoms with Crippen molar-refractivity contribution >= 4 is 0 Å². The minimum absolute atomic E-state index is 0.215. The van der Waals surface area contributed by atoms with Crippen LogP contribution in [0.3, 0.4) is 0 Å². The van der Waals surface area contributed by atoms with Crippen molar-refractivity contribution in [2.24, 2.45) is 5.73 Å². The minimum atomic E-state index is 0.215. The molecule has 2 atom stereocenters. The maximum Gasteiger partial charge on any atom is 0.0709 e. The van der Waals surface area contributed by atoms with Gasteiger partial charge in [-0.15, -0.1) is 0 Å². The zero-order valence-electron chi connectivity index (χ0n) is 11.4. The van der Waals surface area contributed by atoms with Crippen LogP contribution in [0.15, 0.2) is 0 Å². The first-order valence-corrected chi connectivity index (χ1v) is 6.95. The molecule has 0 aromatic heterocycles. The van der Waals surface area contributed by atoms with Crippen LogP contribution in [0.1, 0.15) is 33.1 Å². The molecule has 17 heavy (non-hydrogen) atoms. The fourth-order valence-electron chi connectivity index (χ4n) is 2.42. The summed E-state index contributed by atoms with van der Waals surface area (Å²) in [4.78, 5) is 2.48. The molecule has 2 N–H and O–H groups in total. The third kappa shape index (κ3) is 5.82. The van der Waals surface area contributed by atoms with Gasteiger partial charge in [0.1, 0.15) is 0 Å². The number of ether oxygens (including phenoxy) is 2. The van der Waals surface area contributed by atoms with Gasteiger partial charge in [0.15, 0.2) is 0 Å². The Bertz CT molecular complexity index is 188. The molecular weight excluding hydrogens is 216 g/mol. The van der Waals surface area contributed by atoms with Crippen LogP contribution in [0.2, 0.25) is 0 Å². The van der Waals surface area contributed by atoms with Crippen LogP contribution in [0.5, 0.6) is 0 Å². The first kappa shape index (κ1) is 14.9. The monoisotopic (exact) mass is 244 g/mol. The molecule has 4 heteroatoms. The summed E-state index contributed by atoms with van der Waals surface area (Å²) in [7, 11) is 0. The second kappa shape index (κ2) is 8.86. The predicted molar refractivity (Wildman–Crippen MR) is 70.2 cm³/mol. The molecule has 0 radical (unpaired) electrons.